The molecular formula is C43H81N3O5S. The van der Waals surface area contributed by atoms with E-state index in [1.807, 2.05) is 11.8 Å². The minimum absolute atomic E-state index is 0.112. The summed E-state index contributed by atoms with van der Waals surface area (Å²) in [6, 6.07) is -0.583. The SMILES string of the molecule is CCCCCCCC/C=C\CCCCCCCCC1=NCCN1C(OS(=O)(=O)O)C(CC)NC(=O)CCCCCCC/C=C\CCCCCCCC. The number of allylic oxidation sites excluding steroid dienone is 4. The molecule has 304 valence electrons. The Labute approximate surface area is 321 Å². The highest BCUT2D eigenvalue weighted by atomic mass is 32.3. The third-order valence-corrected chi connectivity index (χ3v) is 10.6. The molecule has 1 amide bonds. The number of hydrogen-bond donors (Lipinski definition) is 2. The van der Waals surface area contributed by atoms with Gasteiger partial charge in [0, 0.05) is 19.4 Å². The molecule has 1 aliphatic rings. The summed E-state index contributed by atoms with van der Waals surface area (Å²) in [5.41, 5.74) is 0. The van der Waals surface area contributed by atoms with E-state index in [2.05, 4.69) is 48.5 Å². The molecule has 0 aromatic rings. The van der Waals surface area contributed by atoms with Crippen molar-refractivity contribution >= 4 is 22.1 Å². The molecule has 0 aromatic carbocycles. The summed E-state index contributed by atoms with van der Waals surface area (Å²) in [4.78, 5) is 19.4. The largest absolute Gasteiger partial charge is 0.399 e. The van der Waals surface area contributed by atoms with Gasteiger partial charge in [0.1, 0.15) is 5.84 Å². The predicted molar refractivity (Wildman–Crippen MR) is 221 cm³/mol. The summed E-state index contributed by atoms with van der Waals surface area (Å²) < 4.78 is 38.7. The fraction of sp³-hybridized carbons (Fsp3) is 0.860. The molecule has 2 N–H and O–H groups in total. The molecule has 2 unspecified atom stereocenters. The molecule has 0 aliphatic carbocycles. The molecule has 52 heavy (non-hydrogen) atoms. The van der Waals surface area contributed by atoms with Gasteiger partial charge in [0.05, 0.1) is 12.6 Å². The molecule has 0 bridgehead atoms. The van der Waals surface area contributed by atoms with Crippen molar-refractivity contribution in [1.29, 1.82) is 0 Å². The third kappa shape index (κ3) is 27.8. The number of unbranched alkanes of at least 4 members (excludes halogenated alkanes) is 23. The molecule has 0 saturated carbocycles. The molecular weight excluding hydrogens is 671 g/mol. The van der Waals surface area contributed by atoms with Gasteiger partial charge in [-0.3, -0.25) is 14.3 Å². The molecule has 2 atom stereocenters. The van der Waals surface area contributed by atoms with Crippen LogP contribution in [0, 0.1) is 0 Å². The topological polar surface area (TPSA) is 108 Å². The second-order valence-electron chi connectivity index (χ2n) is 15.0. The summed E-state index contributed by atoms with van der Waals surface area (Å²) in [6.45, 7) is 7.46. The Morgan fingerprint density at radius 1 is 0.692 bits per heavy atom. The van der Waals surface area contributed by atoms with E-state index in [1.54, 1.807) is 0 Å². The second-order valence-corrected chi connectivity index (χ2v) is 16.1. The number of nitrogens with one attached hydrogen (secondary N) is 1. The van der Waals surface area contributed by atoms with E-state index in [9.17, 15) is 17.8 Å². The first kappa shape index (κ1) is 48.3. The standard InChI is InChI=1S/C43H81N3O5S/c1-4-7-9-11-13-15-17-19-21-23-24-26-28-30-32-34-36-41-44-38-39-46(41)43(51-52(48,49)50)40(6-3)45-42(47)37-35-33-31-29-27-25-22-20-18-16-14-12-10-8-5-2/h19-22,40,43H,4-18,23-39H2,1-3H3,(H,45,47)(H,48,49,50)/b21-19-,22-20-. The van der Waals surface area contributed by atoms with Crippen LogP contribution in [0.25, 0.3) is 0 Å². The predicted octanol–water partition coefficient (Wildman–Crippen LogP) is 12.2. The molecule has 0 aromatic heterocycles. The highest BCUT2D eigenvalue weighted by Crippen LogP contribution is 2.21. The van der Waals surface area contributed by atoms with Gasteiger partial charge in [-0.2, -0.15) is 8.42 Å². The Kier molecular flexibility index (Phi) is 31.4. The Bertz CT molecular complexity index is 1050. The summed E-state index contributed by atoms with van der Waals surface area (Å²) in [5.74, 6) is 0.688. The maximum atomic E-state index is 12.9. The van der Waals surface area contributed by atoms with Crippen LogP contribution < -0.4 is 5.32 Å². The van der Waals surface area contributed by atoms with Gasteiger partial charge >= 0.3 is 10.4 Å². The lowest BCUT2D eigenvalue weighted by molar-refractivity contribution is -0.123. The normalized spacial score (nSPS) is 14.8. The number of aliphatic imine (C=N–C) groups is 1. The summed E-state index contributed by atoms with van der Waals surface area (Å²) in [7, 11) is -4.73. The monoisotopic (exact) mass is 752 g/mol. The van der Waals surface area contributed by atoms with Gasteiger partial charge in [0.15, 0.2) is 6.23 Å². The molecule has 9 heteroatoms. The van der Waals surface area contributed by atoms with Crippen molar-refractivity contribution < 1.29 is 21.9 Å². The van der Waals surface area contributed by atoms with Crippen molar-refractivity contribution in [1.82, 2.24) is 10.2 Å². The molecule has 0 fully saturated rings. The van der Waals surface area contributed by atoms with Crippen molar-refractivity contribution in [3.8, 4) is 0 Å². The fourth-order valence-electron chi connectivity index (χ4n) is 7.01. The smallest absolute Gasteiger partial charge is 0.349 e. The number of amidine groups is 1. The van der Waals surface area contributed by atoms with Gasteiger partial charge in [-0.1, -0.05) is 154 Å². The summed E-state index contributed by atoms with van der Waals surface area (Å²) in [6.07, 6.45) is 43.0. The fourth-order valence-corrected chi connectivity index (χ4v) is 7.49. The van der Waals surface area contributed by atoms with Gasteiger partial charge in [-0.25, -0.2) is 4.18 Å². The zero-order valence-electron chi connectivity index (χ0n) is 34.0. The molecule has 8 nitrogen and oxygen atoms in total. The van der Waals surface area contributed by atoms with Crippen LogP contribution in [0.15, 0.2) is 29.3 Å². The number of rotatable bonds is 37. The summed E-state index contributed by atoms with van der Waals surface area (Å²) >= 11 is 0. The van der Waals surface area contributed by atoms with Gasteiger partial charge in [0.2, 0.25) is 5.91 Å². The van der Waals surface area contributed by atoms with Crippen LogP contribution in [-0.4, -0.2) is 55.0 Å². The number of hydrogen-bond acceptors (Lipinski definition) is 6. The van der Waals surface area contributed by atoms with Crippen molar-refractivity contribution in [3.05, 3.63) is 24.3 Å². The lowest BCUT2D eigenvalue weighted by atomic mass is 10.1. The van der Waals surface area contributed by atoms with E-state index in [0.29, 0.717) is 25.9 Å². The quantitative estimate of drug-likeness (QED) is 0.0372. The Balaban J connectivity index is 2.30. The van der Waals surface area contributed by atoms with Crippen LogP contribution in [0.2, 0.25) is 0 Å². The maximum absolute atomic E-state index is 12.9. The number of nitrogens with zero attached hydrogens (tertiary/aromatic N) is 2. The van der Waals surface area contributed by atoms with E-state index in [-0.39, 0.29) is 5.91 Å². The minimum atomic E-state index is -4.73. The molecule has 1 rings (SSSR count). The minimum Gasteiger partial charge on any atom is -0.349 e. The van der Waals surface area contributed by atoms with Crippen LogP contribution in [0.1, 0.15) is 213 Å². The average Bonchev–Trinajstić information content (AvgIpc) is 3.59. The first-order chi connectivity index (χ1) is 25.3. The van der Waals surface area contributed by atoms with Crippen LogP contribution in [0.5, 0.6) is 0 Å². The number of carbonyl (C=O) groups excluding carboxylic acids is 1. The Morgan fingerprint density at radius 3 is 1.56 bits per heavy atom. The molecule has 0 spiro atoms. The zero-order chi connectivity index (χ0) is 38.0. The lowest BCUT2D eigenvalue weighted by Gasteiger charge is -2.35. The van der Waals surface area contributed by atoms with Crippen molar-refractivity contribution in [2.45, 2.75) is 226 Å². The van der Waals surface area contributed by atoms with Gasteiger partial charge in [-0.05, 0) is 70.6 Å². The van der Waals surface area contributed by atoms with E-state index in [4.69, 9.17) is 4.18 Å². The first-order valence-corrected chi connectivity index (χ1v) is 23.2. The summed E-state index contributed by atoms with van der Waals surface area (Å²) in [5, 5.41) is 3.01. The highest BCUT2D eigenvalue weighted by molar-refractivity contribution is 7.80. The first-order valence-electron chi connectivity index (χ1n) is 21.9. The third-order valence-electron chi connectivity index (χ3n) is 10.2. The molecule has 1 aliphatic heterocycles. The van der Waals surface area contributed by atoms with Crippen molar-refractivity contribution in [2.75, 3.05) is 13.1 Å². The van der Waals surface area contributed by atoms with Crippen molar-refractivity contribution in [2.24, 2.45) is 4.99 Å². The maximum Gasteiger partial charge on any atom is 0.399 e. The van der Waals surface area contributed by atoms with Crippen LogP contribution in [0.4, 0.5) is 0 Å². The van der Waals surface area contributed by atoms with Crippen LogP contribution in [-0.2, 0) is 19.4 Å². The Morgan fingerprint density at radius 2 is 1.12 bits per heavy atom. The van der Waals surface area contributed by atoms with Crippen molar-refractivity contribution in [3.63, 3.8) is 0 Å². The van der Waals surface area contributed by atoms with E-state index >= 15 is 0 Å². The van der Waals surface area contributed by atoms with Crippen LogP contribution >= 0.6 is 0 Å². The molecule has 0 radical (unpaired) electrons. The van der Waals surface area contributed by atoms with E-state index in [0.717, 1.165) is 50.8 Å². The van der Waals surface area contributed by atoms with E-state index in [1.165, 1.54) is 135 Å². The lowest BCUT2D eigenvalue weighted by Crippen LogP contribution is -2.54. The number of amides is 1. The average molecular weight is 752 g/mol. The van der Waals surface area contributed by atoms with E-state index < -0.39 is 22.7 Å². The number of carbonyl (C=O) groups is 1. The Hall–Kier alpha value is -1.71. The van der Waals surface area contributed by atoms with Gasteiger partial charge in [0.25, 0.3) is 0 Å². The molecule has 1 heterocycles. The van der Waals surface area contributed by atoms with Gasteiger partial charge in [-0.15, -0.1) is 0 Å². The second kappa shape index (κ2) is 33.8. The highest BCUT2D eigenvalue weighted by Gasteiger charge is 2.35. The molecule has 0 saturated heterocycles. The van der Waals surface area contributed by atoms with Crippen LogP contribution in [0.3, 0.4) is 0 Å². The van der Waals surface area contributed by atoms with Gasteiger partial charge < -0.3 is 10.2 Å². The zero-order valence-corrected chi connectivity index (χ0v) is 34.8.